The van der Waals surface area contributed by atoms with Crippen LogP contribution in [0.2, 0.25) is 0 Å². The van der Waals surface area contributed by atoms with Crippen LogP contribution >= 0.6 is 0 Å². The minimum atomic E-state index is -0.850. The standard InChI is InChI=1S/C18H32O3/c1-11(2)15(19)9-18(14(7)8,17(21)13(5)6)10-16(20)12(3)4/h11-14H,9-10H2,1-8H3. The molecular weight excluding hydrogens is 264 g/mol. The Kier molecular flexibility index (Phi) is 7.49. The van der Waals surface area contributed by atoms with Gasteiger partial charge in [0.25, 0.3) is 0 Å². The molecule has 0 N–H and O–H groups in total. The Morgan fingerprint density at radius 1 is 0.667 bits per heavy atom. The van der Waals surface area contributed by atoms with Crippen LogP contribution in [0.3, 0.4) is 0 Å². The van der Waals surface area contributed by atoms with Gasteiger partial charge in [-0.05, 0) is 5.92 Å². The second-order valence-electron chi connectivity index (χ2n) is 7.43. The van der Waals surface area contributed by atoms with E-state index in [0.717, 1.165) is 0 Å². The van der Waals surface area contributed by atoms with Gasteiger partial charge >= 0.3 is 0 Å². The molecule has 0 bridgehead atoms. The zero-order valence-electron chi connectivity index (χ0n) is 14.9. The SMILES string of the molecule is CC(C)C(=O)CC(CC(=O)C(C)C)(C(=O)C(C)C)C(C)C. The predicted molar refractivity (Wildman–Crippen MR) is 86.0 cm³/mol. The highest BCUT2D eigenvalue weighted by molar-refractivity contribution is 5.96. The minimum Gasteiger partial charge on any atom is -0.299 e. The van der Waals surface area contributed by atoms with Crippen molar-refractivity contribution >= 4 is 17.3 Å². The summed E-state index contributed by atoms with van der Waals surface area (Å²) in [5.74, 6) is -0.261. The molecule has 0 fully saturated rings. The van der Waals surface area contributed by atoms with Gasteiger partial charge in [-0.15, -0.1) is 0 Å². The molecule has 0 heterocycles. The van der Waals surface area contributed by atoms with Gasteiger partial charge in [0.05, 0.1) is 0 Å². The number of hydrogen-bond acceptors (Lipinski definition) is 3. The second-order valence-corrected chi connectivity index (χ2v) is 7.43. The monoisotopic (exact) mass is 296 g/mol. The van der Waals surface area contributed by atoms with Crippen molar-refractivity contribution in [3.05, 3.63) is 0 Å². The Morgan fingerprint density at radius 2 is 1.00 bits per heavy atom. The third kappa shape index (κ3) is 5.05. The molecule has 0 spiro atoms. The highest BCUT2D eigenvalue weighted by Crippen LogP contribution is 2.40. The van der Waals surface area contributed by atoms with E-state index in [1.807, 2.05) is 55.4 Å². The molecule has 0 aromatic heterocycles. The number of Topliss-reactive ketones (excluding diaryl/α,β-unsaturated/α-hetero) is 3. The second kappa shape index (κ2) is 7.86. The Bertz CT molecular complexity index is 367. The summed E-state index contributed by atoms with van der Waals surface area (Å²) in [4.78, 5) is 37.4. The molecular formula is C18H32O3. The third-order valence-corrected chi connectivity index (χ3v) is 4.39. The highest BCUT2D eigenvalue weighted by Gasteiger charge is 2.45. The summed E-state index contributed by atoms with van der Waals surface area (Å²) in [6, 6.07) is 0. The maximum Gasteiger partial charge on any atom is 0.142 e. The summed E-state index contributed by atoms with van der Waals surface area (Å²) in [6.45, 7) is 15.0. The molecule has 122 valence electrons. The quantitative estimate of drug-likeness (QED) is 0.644. The molecule has 0 aliphatic carbocycles. The van der Waals surface area contributed by atoms with Gasteiger partial charge in [-0.25, -0.2) is 0 Å². The van der Waals surface area contributed by atoms with Crippen LogP contribution in [0.4, 0.5) is 0 Å². The summed E-state index contributed by atoms with van der Waals surface area (Å²) in [6.07, 6.45) is 0.357. The zero-order valence-corrected chi connectivity index (χ0v) is 14.9. The summed E-state index contributed by atoms with van der Waals surface area (Å²) >= 11 is 0. The Labute approximate surface area is 129 Å². The first-order valence-electron chi connectivity index (χ1n) is 8.05. The highest BCUT2D eigenvalue weighted by atomic mass is 16.1. The van der Waals surface area contributed by atoms with Crippen molar-refractivity contribution in [1.82, 2.24) is 0 Å². The van der Waals surface area contributed by atoms with Crippen molar-refractivity contribution in [2.45, 2.75) is 68.2 Å². The van der Waals surface area contributed by atoms with Crippen LogP contribution in [0.15, 0.2) is 0 Å². The van der Waals surface area contributed by atoms with Gasteiger partial charge in [0.1, 0.15) is 17.3 Å². The van der Waals surface area contributed by atoms with Gasteiger partial charge in [0, 0.05) is 36.0 Å². The number of ketones is 3. The van der Waals surface area contributed by atoms with Crippen molar-refractivity contribution in [3.8, 4) is 0 Å². The smallest absolute Gasteiger partial charge is 0.142 e. The summed E-state index contributed by atoms with van der Waals surface area (Å²) in [5, 5.41) is 0. The van der Waals surface area contributed by atoms with E-state index in [9.17, 15) is 14.4 Å². The fourth-order valence-electron chi connectivity index (χ4n) is 2.53. The number of carbonyl (C=O) groups is 3. The van der Waals surface area contributed by atoms with E-state index in [-0.39, 0.29) is 53.9 Å². The van der Waals surface area contributed by atoms with E-state index >= 15 is 0 Å². The Balaban J connectivity index is 5.71. The first kappa shape index (κ1) is 20.0. The van der Waals surface area contributed by atoms with Gasteiger partial charge < -0.3 is 0 Å². The molecule has 0 amide bonds. The number of carbonyl (C=O) groups excluding carboxylic acids is 3. The van der Waals surface area contributed by atoms with Crippen LogP contribution in [0.1, 0.15) is 68.2 Å². The van der Waals surface area contributed by atoms with Crippen molar-refractivity contribution in [3.63, 3.8) is 0 Å². The summed E-state index contributed by atoms with van der Waals surface area (Å²) < 4.78 is 0. The topological polar surface area (TPSA) is 51.2 Å². The third-order valence-electron chi connectivity index (χ3n) is 4.39. The molecule has 0 rings (SSSR count). The zero-order chi connectivity index (χ0) is 17.0. The van der Waals surface area contributed by atoms with Crippen molar-refractivity contribution in [1.29, 1.82) is 0 Å². The van der Waals surface area contributed by atoms with Crippen LogP contribution in [0.5, 0.6) is 0 Å². The molecule has 3 nitrogen and oxygen atoms in total. The molecule has 21 heavy (non-hydrogen) atoms. The minimum absolute atomic E-state index is 0.0298. The normalized spacial score (nSPS) is 12.6. The lowest BCUT2D eigenvalue weighted by Gasteiger charge is -2.37. The molecule has 0 unspecified atom stereocenters. The van der Waals surface area contributed by atoms with Crippen molar-refractivity contribution in [2.75, 3.05) is 0 Å². The molecule has 0 radical (unpaired) electrons. The average molecular weight is 296 g/mol. The lowest BCUT2D eigenvalue weighted by Crippen LogP contribution is -2.44. The maximum atomic E-state index is 12.8. The Morgan fingerprint density at radius 3 is 1.19 bits per heavy atom. The first-order chi connectivity index (χ1) is 9.45. The molecule has 0 aromatic rings. The van der Waals surface area contributed by atoms with Crippen LogP contribution in [0.25, 0.3) is 0 Å². The van der Waals surface area contributed by atoms with Crippen LogP contribution < -0.4 is 0 Å². The van der Waals surface area contributed by atoms with E-state index in [2.05, 4.69) is 0 Å². The van der Waals surface area contributed by atoms with Crippen LogP contribution in [-0.2, 0) is 14.4 Å². The lowest BCUT2D eigenvalue weighted by atomic mass is 9.63. The largest absolute Gasteiger partial charge is 0.299 e. The van der Waals surface area contributed by atoms with Gasteiger partial charge in [0.2, 0.25) is 0 Å². The summed E-state index contributed by atoms with van der Waals surface area (Å²) in [5.41, 5.74) is -0.850. The van der Waals surface area contributed by atoms with E-state index < -0.39 is 5.41 Å². The number of hydrogen-bond donors (Lipinski definition) is 0. The molecule has 3 heteroatoms. The number of rotatable bonds is 9. The van der Waals surface area contributed by atoms with Gasteiger partial charge in [-0.3, -0.25) is 14.4 Å². The maximum absolute atomic E-state index is 12.8. The van der Waals surface area contributed by atoms with E-state index in [1.165, 1.54) is 0 Å². The average Bonchev–Trinajstić information content (AvgIpc) is 2.35. The molecule has 0 aromatic carbocycles. The fraction of sp³-hybridized carbons (Fsp3) is 0.833. The molecule has 0 aliphatic heterocycles. The molecule has 0 saturated carbocycles. The van der Waals surface area contributed by atoms with E-state index in [0.29, 0.717) is 0 Å². The fourth-order valence-corrected chi connectivity index (χ4v) is 2.53. The van der Waals surface area contributed by atoms with E-state index in [1.54, 1.807) is 0 Å². The predicted octanol–water partition coefficient (Wildman–Crippen LogP) is 4.08. The Hall–Kier alpha value is -0.990. The van der Waals surface area contributed by atoms with Gasteiger partial charge in [0.15, 0.2) is 0 Å². The van der Waals surface area contributed by atoms with Crippen molar-refractivity contribution in [2.24, 2.45) is 29.1 Å². The lowest BCUT2D eigenvalue weighted by molar-refractivity contribution is -0.144. The van der Waals surface area contributed by atoms with Gasteiger partial charge in [-0.1, -0.05) is 55.4 Å². The molecule has 0 atom stereocenters. The van der Waals surface area contributed by atoms with Crippen molar-refractivity contribution < 1.29 is 14.4 Å². The first-order valence-corrected chi connectivity index (χ1v) is 8.05. The van der Waals surface area contributed by atoms with Crippen LogP contribution in [-0.4, -0.2) is 17.3 Å². The van der Waals surface area contributed by atoms with Gasteiger partial charge in [-0.2, -0.15) is 0 Å². The van der Waals surface area contributed by atoms with Crippen LogP contribution in [0, 0.1) is 29.1 Å². The molecule has 0 aliphatic rings. The molecule has 0 saturated heterocycles. The summed E-state index contributed by atoms with van der Waals surface area (Å²) in [7, 11) is 0. The van der Waals surface area contributed by atoms with E-state index in [4.69, 9.17) is 0 Å².